The smallest absolute Gasteiger partial charge is 0.230 e. The van der Waals surface area contributed by atoms with Gasteiger partial charge in [-0.2, -0.15) is 0 Å². The molecule has 1 aliphatic heterocycles. The predicted octanol–water partition coefficient (Wildman–Crippen LogP) is 1.97. The third kappa shape index (κ3) is 3.05. The molecule has 0 aliphatic carbocycles. The first kappa shape index (κ1) is 13.7. The largest absolute Gasteiger partial charge is 0.424 e. The molecule has 3 heterocycles. The highest BCUT2D eigenvalue weighted by Gasteiger charge is 2.25. The zero-order valence-electron chi connectivity index (χ0n) is 11.7. The lowest BCUT2D eigenvalue weighted by Crippen LogP contribution is -2.37. The minimum Gasteiger partial charge on any atom is -0.424 e. The number of hydrogen-bond donors (Lipinski definition) is 0. The fraction of sp³-hybridized carbons (Fsp3) is 0.615. The molecule has 7 heteroatoms. The molecule has 0 N–H and O–H groups in total. The fourth-order valence-corrected chi connectivity index (χ4v) is 3.04. The molecule has 0 amide bonds. The minimum atomic E-state index is 0.0519. The van der Waals surface area contributed by atoms with Gasteiger partial charge in [0.05, 0.1) is 13.2 Å². The second kappa shape index (κ2) is 5.99. The van der Waals surface area contributed by atoms with Crippen molar-refractivity contribution in [3.63, 3.8) is 0 Å². The summed E-state index contributed by atoms with van der Waals surface area (Å²) >= 11 is 1.66. The Balaban J connectivity index is 1.63. The van der Waals surface area contributed by atoms with Gasteiger partial charge in [0, 0.05) is 30.6 Å². The van der Waals surface area contributed by atoms with Crippen LogP contribution in [0.15, 0.2) is 9.80 Å². The first-order chi connectivity index (χ1) is 9.74. The SMILES string of the molecule is CCc1nnc(CN2CCO[C@H](c3nc(C)cs3)C2)o1. The number of hydrogen-bond acceptors (Lipinski definition) is 7. The number of aromatic nitrogens is 3. The van der Waals surface area contributed by atoms with E-state index >= 15 is 0 Å². The molecule has 2 aromatic heterocycles. The molecule has 1 saturated heterocycles. The van der Waals surface area contributed by atoms with Gasteiger partial charge in [-0.05, 0) is 6.92 Å². The van der Waals surface area contributed by atoms with Crippen molar-refractivity contribution in [1.82, 2.24) is 20.1 Å². The second-order valence-corrected chi connectivity index (χ2v) is 5.75. The van der Waals surface area contributed by atoms with Crippen molar-refractivity contribution < 1.29 is 9.15 Å². The van der Waals surface area contributed by atoms with E-state index in [4.69, 9.17) is 9.15 Å². The zero-order valence-corrected chi connectivity index (χ0v) is 12.5. The Hall–Kier alpha value is -1.31. The first-order valence-corrected chi connectivity index (χ1v) is 7.70. The van der Waals surface area contributed by atoms with Gasteiger partial charge in [-0.25, -0.2) is 4.98 Å². The molecule has 6 nitrogen and oxygen atoms in total. The van der Waals surface area contributed by atoms with Gasteiger partial charge in [0.2, 0.25) is 11.8 Å². The second-order valence-electron chi connectivity index (χ2n) is 4.86. The van der Waals surface area contributed by atoms with E-state index in [9.17, 15) is 0 Å². The van der Waals surface area contributed by atoms with Gasteiger partial charge in [0.1, 0.15) is 11.1 Å². The van der Waals surface area contributed by atoms with Crippen LogP contribution in [0, 0.1) is 6.92 Å². The number of aryl methyl sites for hydroxylation is 2. The van der Waals surface area contributed by atoms with E-state index in [1.165, 1.54) is 0 Å². The summed E-state index contributed by atoms with van der Waals surface area (Å²) in [4.78, 5) is 6.78. The lowest BCUT2D eigenvalue weighted by molar-refractivity contribution is -0.0353. The lowest BCUT2D eigenvalue weighted by atomic mass is 10.3. The number of thiazole rings is 1. The van der Waals surface area contributed by atoms with E-state index < -0.39 is 0 Å². The summed E-state index contributed by atoms with van der Waals surface area (Å²) in [6.07, 6.45) is 0.827. The van der Waals surface area contributed by atoms with Crippen LogP contribution in [0.3, 0.4) is 0 Å². The maximum Gasteiger partial charge on any atom is 0.230 e. The molecule has 20 heavy (non-hydrogen) atoms. The van der Waals surface area contributed by atoms with Crippen LogP contribution < -0.4 is 0 Å². The minimum absolute atomic E-state index is 0.0519. The Labute approximate surface area is 121 Å². The predicted molar refractivity (Wildman–Crippen MR) is 74.5 cm³/mol. The lowest BCUT2D eigenvalue weighted by Gasteiger charge is -2.30. The van der Waals surface area contributed by atoms with Crippen molar-refractivity contribution in [2.24, 2.45) is 0 Å². The monoisotopic (exact) mass is 294 g/mol. The first-order valence-electron chi connectivity index (χ1n) is 6.82. The molecule has 1 atom stereocenters. The van der Waals surface area contributed by atoms with Gasteiger partial charge < -0.3 is 9.15 Å². The topological polar surface area (TPSA) is 64.3 Å². The van der Waals surface area contributed by atoms with Crippen molar-refractivity contribution in [3.8, 4) is 0 Å². The normalized spacial score (nSPS) is 20.4. The summed E-state index contributed by atoms with van der Waals surface area (Å²) in [5, 5.41) is 11.2. The van der Waals surface area contributed by atoms with Gasteiger partial charge in [0.15, 0.2) is 0 Å². The van der Waals surface area contributed by atoms with E-state index in [0.717, 1.165) is 30.2 Å². The number of rotatable bonds is 4. The van der Waals surface area contributed by atoms with Crippen LogP contribution in [0.5, 0.6) is 0 Å². The third-order valence-corrected chi connectivity index (χ3v) is 4.29. The Morgan fingerprint density at radius 3 is 2.95 bits per heavy atom. The van der Waals surface area contributed by atoms with Crippen LogP contribution in [0.1, 0.15) is 35.5 Å². The molecular formula is C13H18N4O2S. The fourth-order valence-electron chi connectivity index (χ4n) is 2.20. The maximum atomic E-state index is 5.81. The van der Waals surface area contributed by atoms with Crippen molar-refractivity contribution >= 4 is 11.3 Å². The van der Waals surface area contributed by atoms with Gasteiger partial charge in [-0.1, -0.05) is 6.92 Å². The van der Waals surface area contributed by atoms with Crippen LogP contribution in [-0.4, -0.2) is 39.8 Å². The summed E-state index contributed by atoms with van der Waals surface area (Å²) in [6, 6.07) is 0. The molecule has 3 rings (SSSR count). The van der Waals surface area contributed by atoms with Crippen LogP contribution in [0.4, 0.5) is 0 Å². The summed E-state index contributed by atoms with van der Waals surface area (Å²) in [6.45, 7) is 7.09. The van der Waals surface area contributed by atoms with Crippen molar-refractivity contribution in [2.45, 2.75) is 32.9 Å². The van der Waals surface area contributed by atoms with E-state index in [0.29, 0.717) is 24.9 Å². The molecular weight excluding hydrogens is 276 g/mol. The highest BCUT2D eigenvalue weighted by atomic mass is 32.1. The molecule has 0 saturated carbocycles. The Kier molecular flexibility index (Phi) is 4.09. The molecule has 1 fully saturated rings. The molecule has 0 radical (unpaired) electrons. The molecule has 0 unspecified atom stereocenters. The van der Waals surface area contributed by atoms with Crippen LogP contribution in [-0.2, 0) is 17.7 Å². The quantitative estimate of drug-likeness (QED) is 0.859. The van der Waals surface area contributed by atoms with E-state index in [-0.39, 0.29) is 6.10 Å². The van der Waals surface area contributed by atoms with Crippen LogP contribution in [0.25, 0.3) is 0 Å². The number of morpholine rings is 1. The zero-order chi connectivity index (χ0) is 13.9. The van der Waals surface area contributed by atoms with Crippen LogP contribution >= 0.6 is 11.3 Å². The molecule has 108 valence electrons. The van der Waals surface area contributed by atoms with Gasteiger partial charge >= 0.3 is 0 Å². The summed E-state index contributed by atoms with van der Waals surface area (Å²) in [5.41, 5.74) is 1.05. The standard InChI is InChI=1S/C13H18N4O2S/c1-3-11-15-16-12(19-11)7-17-4-5-18-10(6-17)13-14-9(2)8-20-13/h8,10H,3-7H2,1-2H3/t10-/m0/s1. The molecule has 0 aromatic carbocycles. The van der Waals surface area contributed by atoms with Crippen molar-refractivity contribution in [3.05, 3.63) is 27.9 Å². The van der Waals surface area contributed by atoms with Crippen molar-refractivity contribution in [2.75, 3.05) is 19.7 Å². The summed E-state index contributed by atoms with van der Waals surface area (Å²) < 4.78 is 11.4. The summed E-state index contributed by atoms with van der Waals surface area (Å²) in [7, 11) is 0. The highest BCUT2D eigenvalue weighted by Crippen LogP contribution is 2.25. The van der Waals surface area contributed by atoms with Gasteiger partial charge in [-0.3, -0.25) is 4.90 Å². The van der Waals surface area contributed by atoms with Gasteiger partial charge in [0.25, 0.3) is 0 Å². The average Bonchev–Trinajstić information content (AvgIpc) is 3.08. The average molecular weight is 294 g/mol. The van der Waals surface area contributed by atoms with Crippen LogP contribution in [0.2, 0.25) is 0 Å². The molecule has 0 spiro atoms. The highest BCUT2D eigenvalue weighted by molar-refractivity contribution is 7.09. The number of ether oxygens (including phenoxy) is 1. The van der Waals surface area contributed by atoms with E-state index in [1.54, 1.807) is 11.3 Å². The maximum absolute atomic E-state index is 5.81. The Bertz CT molecular complexity index is 568. The molecule has 2 aromatic rings. The summed E-state index contributed by atoms with van der Waals surface area (Å²) in [5.74, 6) is 1.37. The molecule has 1 aliphatic rings. The Morgan fingerprint density at radius 2 is 2.25 bits per heavy atom. The van der Waals surface area contributed by atoms with Crippen molar-refractivity contribution in [1.29, 1.82) is 0 Å². The van der Waals surface area contributed by atoms with E-state index in [2.05, 4.69) is 25.5 Å². The van der Waals surface area contributed by atoms with E-state index in [1.807, 2.05) is 13.8 Å². The Morgan fingerprint density at radius 1 is 1.40 bits per heavy atom. The third-order valence-electron chi connectivity index (χ3n) is 3.23. The van der Waals surface area contributed by atoms with Gasteiger partial charge in [-0.15, -0.1) is 21.5 Å². The molecule has 0 bridgehead atoms. The number of nitrogens with zero attached hydrogens (tertiary/aromatic N) is 4.